The molecule has 3 heteroatoms. The second-order valence-corrected chi connectivity index (χ2v) is 6.01. The van der Waals surface area contributed by atoms with E-state index >= 15 is 0 Å². The molecular weight excluding hydrogens is 274 g/mol. The number of hydrogen-bond donors (Lipinski definition) is 0. The van der Waals surface area contributed by atoms with Crippen LogP contribution < -0.4 is 9.47 Å². The summed E-state index contributed by atoms with van der Waals surface area (Å²) in [5.41, 5.74) is 3.75. The van der Waals surface area contributed by atoms with Gasteiger partial charge in [0.1, 0.15) is 17.6 Å². The molecule has 2 aromatic carbocycles. The van der Waals surface area contributed by atoms with E-state index in [0.717, 1.165) is 31.1 Å². The molecule has 0 radical (unpaired) electrons. The second kappa shape index (κ2) is 6.41. The molecule has 0 spiro atoms. The van der Waals surface area contributed by atoms with Gasteiger partial charge < -0.3 is 9.47 Å². The Hall–Kier alpha value is -2.00. The van der Waals surface area contributed by atoms with E-state index < -0.39 is 0 Å². The van der Waals surface area contributed by atoms with E-state index in [1.807, 2.05) is 6.07 Å². The lowest BCUT2D eigenvalue weighted by molar-refractivity contribution is 0.156. The molecule has 0 fully saturated rings. The maximum atomic E-state index is 6.02. The smallest absolute Gasteiger partial charge is 0.124 e. The largest absolute Gasteiger partial charge is 0.496 e. The number of nitrogens with zero attached hydrogens (tertiary/aromatic N) is 1. The van der Waals surface area contributed by atoms with E-state index in [9.17, 15) is 0 Å². The van der Waals surface area contributed by atoms with Crippen LogP contribution in [0.5, 0.6) is 11.5 Å². The van der Waals surface area contributed by atoms with Gasteiger partial charge in [-0.2, -0.15) is 0 Å². The minimum atomic E-state index is 0.197. The third kappa shape index (κ3) is 3.25. The van der Waals surface area contributed by atoms with Crippen LogP contribution in [0.3, 0.4) is 0 Å². The highest BCUT2D eigenvalue weighted by atomic mass is 16.5. The molecule has 3 nitrogen and oxygen atoms in total. The van der Waals surface area contributed by atoms with Crippen molar-refractivity contribution in [2.24, 2.45) is 0 Å². The van der Waals surface area contributed by atoms with Gasteiger partial charge in [-0.15, -0.1) is 0 Å². The van der Waals surface area contributed by atoms with Gasteiger partial charge >= 0.3 is 0 Å². The molecule has 0 bridgehead atoms. The monoisotopic (exact) mass is 297 g/mol. The molecule has 0 aromatic heterocycles. The molecule has 0 amide bonds. The van der Waals surface area contributed by atoms with Gasteiger partial charge in [0.15, 0.2) is 0 Å². The molecule has 116 valence electrons. The van der Waals surface area contributed by atoms with E-state index in [4.69, 9.17) is 9.47 Å². The van der Waals surface area contributed by atoms with Gasteiger partial charge in [0.2, 0.25) is 0 Å². The lowest BCUT2D eigenvalue weighted by atomic mass is 10.1. The molecule has 0 N–H and O–H groups in total. The van der Waals surface area contributed by atoms with Gasteiger partial charge in [-0.3, -0.25) is 4.90 Å². The minimum Gasteiger partial charge on any atom is -0.496 e. The van der Waals surface area contributed by atoms with Crippen molar-refractivity contribution < 1.29 is 9.47 Å². The van der Waals surface area contributed by atoms with Crippen molar-refractivity contribution >= 4 is 0 Å². The van der Waals surface area contributed by atoms with Crippen LogP contribution in [0.4, 0.5) is 0 Å². The van der Waals surface area contributed by atoms with Crippen molar-refractivity contribution in [1.29, 1.82) is 0 Å². The molecule has 2 aromatic rings. The first-order valence-corrected chi connectivity index (χ1v) is 7.76. The van der Waals surface area contributed by atoms with Crippen LogP contribution in [0.25, 0.3) is 0 Å². The Morgan fingerprint density at radius 3 is 2.82 bits per heavy atom. The number of aryl methyl sites for hydroxylation is 1. The third-order valence-corrected chi connectivity index (χ3v) is 4.08. The molecular formula is C19H23NO2. The van der Waals surface area contributed by atoms with Gasteiger partial charge in [0.25, 0.3) is 0 Å². The van der Waals surface area contributed by atoms with Crippen molar-refractivity contribution in [3.63, 3.8) is 0 Å². The summed E-state index contributed by atoms with van der Waals surface area (Å²) >= 11 is 0. The summed E-state index contributed by atoms with van der Waals surface area (Å²) in [5.74, 6) is 1.96. The number of ether oxygens (including phenoxy) is 2. The van der Waals surface area contributed by atoms with Gasteiger partial charge in [-0.1, -0.05) is 30.3 Å². The average Bonchev–Trinajstić information content (AvgIpc) is 2.64. The summed E-state index contributed by atoms with van der Waals surface area (Å²) in [6.45, 7) is 7.00. The highest BCUT2D eigenvalue weighted by Crippen LogP contribution is 2.26. The zero-order valence-corrected chi connectivity index (χ0v) is 13.5. The number of hydrogen-bond acceptors (Lipinski definition) is 3. The first-order chi connectivity index (χ1) is 10.7. The van der Waals surface area contributed by atoms with Gasteiger partial charge in [0.05, 0.1) is 7.11 Å². The standard InChI is InChI=1S/C19H23NO2/c1-14-10-16(8-9-18(14)21-3)12-20-11-15(2)22-19-7-5-4-6-17(19)13-20/h4-10,15H,11-13H2,1-3H3/t15-/m0/s1. The second-order valence-electron chi connectivity index (χ2n) is 6.01. The Kier molecular flexibility index (Phi) is 4.34. The molecule has 1 atom stereocenters. The summed E-state index contributed by atoms with van der Waals surface area (Å²) in [5, 5.41) is 0. The van der Waals surface area contributed by atoms with Crippen molar-refractivity contribution in [1.82, 2.24) is 4.90 Å². The van der Waals surface area contributed by atoms with Crippen LogP contribution in [-0.4, -0.2) is 24.7 Å². The summed E-state index contributed by atoms with van der Waals surface area (Å²) < 4.78 is 11.4. The zero-order chi connectivity index (χ0) is 15.5. The summed E-state index contributed by atoms with van der Waals surface area (Å²) in [4.78, 5) is 2.44. The van der Waals surface area contributed by atoms with E-state index in [1.165, 1.54) is 16.7 Å². The third-order valence-electron chi connectivity index (χ3n) is 4.08. The quantitative estimate of drug-likeness (QED) is 0.860. The van der Waals surface area contributed by atoms with E-state index in [-0.39, 0.29) is 6.10 Å². The van der Waals surface area contributed by atoms with Crippen molar-refractivity contribution in [3.8, 4) is 11.5 Å². The highest BCUT2D eigenvalue weighted by Gasteiger charge is 2.19. The average molecular weight is 297 g/mol. The van der Waals surface area contributed by atoms with Gasteiger partial charge in [-0.05, 0) is 37.1 Å². The topological polar surface area (TPSA) is 21.7 Å². The Morgan fingerprint density at radius 2 is 2.05 bits per heavy atom. The summed E-state index contributed by atoms with van der Waals surface area (Å²) in [6.07, 6.45) is 0.197. The predicted octanol–water partition coefficient (Wildman–Crippen LogP) is 3.79. The molecule has 0 saturated carbocycles. The van der Waals surface area contributed by atoms with E-state index in [0.29, 0.717) is 0 Å². The van der Waals surface area contributed by atoms with Crippen molar-refractivity contribution in [3.05, 3.63) is 59.2 Å². The lowest BCUT2D eigenvalue weighted by Gasteiger charge is -2.22. The summed E-state index contributed by atoms with van der Waals surface area (Å²) in [7, 11) is 1.72. The van der Waals surface area contributed by atoms with Crippen molar-refractivity contribution in [2.45, 2.75) is 33.0 Å². The Labute approximate surface area is 132 Å². The van der Waals surface area contributed by atoms with Crippen LogP contribution >= 0.6 is 0 Å². The SMILES string of the molecule is COc1ccc(CN2Cc3ccccc3O[C@@H](C)C2)cc1C. The maximum absolute atomic E-state index is 6.02. The minimum absolute atomic E-state index is 0.197. The van der Waals surface area contributed by atoms with Crippen molar-refractivity contribution in [2.75, 3.05) is 13.7 Å². The fourth-order valence-electron chi connectivity index (χ4n) is 3.09. The Bertz CT molecular complexity index is 654. The molecule has 1 heterocycles. The number of rotatable bonds is 3. The first-order valence-electron chi connectivity index (χ1n) is 7.76. The number of para-hydroxylation sites is 1. The van der Waals surface area contributed by atoms with Crippen LogP contribution in [0.2, 0.25) is 0 Å². The normalized spacial score (nSPS) is 18.2. The van der Waals surface area contributed by atoms with Crippen LogP contribution in [0.1, 0.15) is 23.6 Å². The molecule has 0 aliphatic carbocycles. The number of fused-ring (bicyclic) bond motifs is 1. The van der Waals surface area contributed by atoms with Crippen LogP contribution in [0.15, 0.2) is 42.5 Å². The predicted molar refractivity (Wildman–Crippen MR) is 88.4 cm³/mol. The zero-order valence-electron chi connectivity index (χ0n) is 13.5. The fraction of sp³-hybridized carbons (Fsp3) is 0.368. The van der Waals surface area contributed by atoms with Crippen LogP contribution in [0, 0.1) is 6.92 Å². The Morgan fingerprint density at radius 1 is 1.23 bits per heavy atom. The van der Waals surface area contributed by atoms with Gasteiger partial charge in [0, 0.05) is 25.2 Å². The molecule has 1 aliphatic rings. The van der Waals surface area contributed by atoms with Crippen LogP contribution in [-0.2, 0) is 13.1 Å². The maximum Gasteiger partial charge on any atom is 0.124 e. The summed E-state index contributed by atoms with van der Waals surface area (Å²) in [6, 6.07) is 14.7. The molecule has 22 heavy (non-hydrogen) atoms. The fourth-order valence-corrected chi connectivity index (χ4v) is 3.09. The molecule has 3 rings (SSSR count). The highest BCUT2D eigenvalue weighted by molar-refractivity contribution is 5.37. The number of benzene rings is 2. The van der Waals surface area contributed by atoms with E-state index in [1.54, 1.807) is 7.11 Å². The lowest BCUT2D eigenvalue weighted by Crippen LogP contribution is -2.30. The first kappa shape index (κ1) is 14.9. The molecule has 0 saturated heterocycles. The molecule has 0 unspecified atom stereocenters. The molecule has 1 aliphatic heterocycles. The number of methoxy groups -OCH3 is 1. The van der Waals surface area contributed by atoms with Gasteiger partial charge in [-0.25, -0.2) is 0 Å². The Balaban J connectivity index is 1.79. The van der Waals surface area contributed by atoms with E-state index in [2.05, 4.69) is 55.1 Å².